The zero-order valence-electron chi connectivity index (χ0n) is 11.2. The summed E-state index contributed by atoms with van der Waals surface area (Å²) in [5.41, 5.74) is 5.75. The van der Waals surface area contributed by atoms with Crippen LogP contribution in [0.1, 0.15) is 12.8 Å². The fraction of sp³-hybridized carbons (Fsp3) is 0.429. The number of hydrogen-bond acceptors (Lipinski definition) is 2. The van der Waals surface area contributed by atoms with Gasteiger partial charge >= 0.3 is 0 Å². The van der Waals surface area contributed by atoms with Gasteiger partial charge in [0.1, 0.15) is 5.82 Å². The summed E-state index contributed by atoms with van der Waals surface area (Å²) in [6.45, 7) is 1.70. The summed E-state index contributed by atoms with van der Waals surface area (Å²) in [6, 6.07) is 5.78. The van der Waals surface area contributed by atoms with E-state index in [4.69, 9.17) is 5.73 Å². The topological polar surface area (TPSA) is 76.6 Å². The van der Waals surface area contributed by atoms with Crippen molar-refractivity contribution in [2.75, 3.05) is 25.0 Å². The Bertz CT molecular complexity index is 507. The van der Waals surface area contributed by atoms with Crippen LogP contribution in [-0.4, -0.2) is 31.4 Å². The Morgan fingerprint density at radius 2 is 2.25 bits per heavy atom. The van der Waals surface area contributed by atoms with Crippen molar-refractivity contribution in [1.29, 1.82) is 0 Å². The number of amides is 2. The molecule has 20 heavy (non-hydrogen) atoms. The lowest BCUT2D eigenvalue weighted by Gasteiger charge is -2.27. The van der Waals surface area contributed by atoms with Crippen LogP contribution >= 0.6 is 0 Å². The first-order valence-corrected chi connectivity index (χ1v) is 6.73. The number of nitrogens with one attached hydrogen (secondary N) is 2. The first-order chi connectivity index (χ1) is 9.54. The van der Waals surface area contributed by atoms with E-state index >= 15 is 0 Å². The molecule has 1 unspecified atom stereocenters. The minimum atomic E-state index is -0.387. The van der Waals surface area contributed by atoms with Gasteiger partial charge in [0.25, 0.3) is 5.91 Å². The van der Waals surface area contributed by atoms with Gasteiger partial charge in [-0.15, -0.1) is 0 Å². The van der Waals surface area contributed by atoms with Crippen LogP contribution in [0.4, 0.5) is 10.1 Å². The van der Waals surface area contributed by atoms with Gasteiger partial charge in [0.05, 0.1) is 19.0 Å². The Kier molecular flexibility index (Phi) is 4.68. The summed E-state index contributed by atoms with van der Waals surface area (Å²) in [7, 11) is 0. The number of quaternary nitrogens is 1. The van der Waals surface area contributed by atoms with E-state index in [-0.39, 0.29) is 30.1 Å². The minimum absolute atomic E-state index is 0.152. The first kappa shape index (κ1) is 14.5. The third-order valence-electron chi connectivity index (χ3n) is 3.54. The maximum Gasteiger partial charge on any atom is 0.279 e. The molecule has 0 bridgehead atoms. The second-order valence-corrected chi connectivity index (χ2v) is 5.18. The molecule has 0 saturated carbocycles. The maximum absolute atomic E-state index is 13.0. The van der Waals surface area contributed by atoms with Crippen molar-refractivity contribution in [2.24, 2.45) is 11.7 Å². The van der Waals surface area contributed by atoms with Crippen molar-refractivity contribution in [3.8, 4) is 0 Å². The molecule has 1 aliphatic heterocycles. The van der Waals surface area contributed by atoms with E-state index in [0.29, 0.717) is 12.2 Å². The summed E-state index contributed by atoms with van der Waals surface area (Å²) in [6.07, 6.45) is 1.68. The third-order valence-corrected chi connectivity index (χ3v) is 3.54. The Morgan fingerprint density at radius 3 is 2.95 bits per heavy atom. The van der Waals surface area contributed by atoms with Gasteiger partial charge < -0.3 is 16.0 Å². The normalized spacial score (nSPS) is 22.2. The number of piperidine rings is 1. The highest BCUT2D eigenvalue weighted by atomic mass is 19.1. The van der Waals surface area contributed by atoms with Crippen LogP contribution < -0.4 is 16.0 Å². The van der Waals surface area contributed by atoms with E-state index < -0.39 is 0 Å². The summed E-state index contributed by atoms with van der Waals surface area (Å²) in [5, 5.41) is 2.66. The number of rotatable bonds is 4. The van der Waals surface area contributed by atoms with E-state index in [1.54, 1.807) is 12.1 Å². The van der Waals surface area contributed by atoms with Crippen LogP contribution in [0, 0.1) is 11.7 Å². The third kappa shape index (κ3) is 4.03. The molecule has 5 nitrogen and oxygen atoms in total. The number of nitrogens with two attached hydrogens (primary N) is 1. The average molecular weight is 280 g/mol. The molecular weight excluding hydrogens is 261 g/mol. The molecule has 0 spiro atoms. The molecule has 1 saturated heterocycles. The number of carbonyl (C=O) groups excluding carboxylic acids is 2. The van der Waals surface area contributed by atoms with Gasteiger partial charge in [-0.2, -0.15) is 0 Å². The molecule has 2 atom stereocenters. The lowest BCUT2D eigenvalue weighted by atomic mass is 9.97. The predicted octanol–water partition coefficient (Wildman–Crippen LogP) is -0.456. The van der Waals surface area contributed by atoms with Crippen LogP contribution in [0.2, 0.25) is 0 Å². The SMILES string of the molecule is NC(=O)[C@H]1CCC[NH+](CC(=O)Nc2cccc(F)c2)C1. The zero-order chi connectivity index (χ0) is 14.5. The number of primary amides is 1. The zero-order valence-corrected chi connectivity index (χ0v) is 11.2. The predicted molar refractivity (Wildman–Crippen MR) is 72.5 cm³/mol. The molecule has 4 N–H and O–H groups in total. The lowest BCUT2D eigenvalue weighted by Crippen LogP contribution is -3.14. The van der Waals surface area contributed by atoms with Crippen LogP contribution in [-0.2, 0) is 9.59 Å². The van der Waals surface area contributed by atoms with Gasteiger partial charge in [-0.1, -0.05) is 6.07 Å². The number of hydrogen-bond donors (Lipinski definition) is 3. The molecule has 0 aliphatic carbocycles. The molecular formula is C14H19FN3O2+. The standard InChI is InChI=1S/C14H18FN3O2/c15-11-4-1-5-12(7-11)17-13(19)9-18-6-2-3-10(8-18)14(16)20/h1,4-5,7,10H,2-3,6,8-9H2,(H2,16,20)(H,17,19)/p+1/t10-/m0/s1. The van der Waals surface area contributed by atoms with Crippen LogP contribution in [0.25, 0.3) is 0 Å². The van der Waals surface area contributed by atoms with Crippen molar-refractivity contribution in [2.45, 2.75) is 12.8 Å². The fourth-order valence-corrected chi connectivity index (χ4v) is 2.55. The second kappa shape index (κ2) is 6.47. The van der Waals surface area contributed by atoms with E-state index in [9.17, 15) is 14.0 Å². The number of halogens is 1. The lowest BCUT2D eigenvalue weighted by molar-refractivity contribution is -0.899. The summed E-state index contributed by atoms with van der Waals surface area (Å²) in [4.78, 5) is 24.1. The van der Waals surface area contributed by atoms with Crippen molar-refractivity contribution in [3.63, 3.8) is 0 Å². The van der Waals surface area contributed by atoms with Crippen molar-refractivity contribution < 1.29 is 18.9 Å². The van der Waals surface area contributed by atoms with Gasteiger partial charge in [-0.05, 0) is 31.0 Å². The molecule has 1 aromatic rings. The van der Waals surface area contributed by atoms with E-state index in [0.717, 1.165) is 24.3 Å². The highest BCUT2D eigenvalue weighted by Crippen LogP contribution is 2.09. The van der Waals surface area contributed by atoms with Crippen molar-refractivity contribution in [1.82, 2.24) is 0 Å². The van der Waals surface area contributed by atoms with Crippen LogP contribution in [0.3, 0.4) is 0 Å². The maximum atomic E-state index is 13.0. The highest BCUT2D eigenvalue weighted by Gasteiger charge is 2.28. The smallest absolute Gasteiger partial charge is 0.279 e. The fourth-order valence-electron chi connectivity index (χ4n) is 2.55. The van der Waals surface area contributed by atoms with Crippen molar-refractivity contribution in [3.05, 3.63) is 30.1 Å². The Hall–Kier alpha value is -1.95. The van der Waals surface area contributed by atoms with Gasteiger partial charge in [0, 0.05) is 5.69 Å². The molecule has 1 aliphatic rings. The Labute approximate surface area is 116 Å². The number of benzene rings is 1. The van der Waals surface area contributed by atoms with E-state index in [1.807, 2.05) is 0 Å². The van der Waals surface area contributed by atoms with Gasteiger partial charge in [0.2, 0.25) is 5.91 Å². The second-order valence-electron chi connectivity index (χ2n) is 5.18. The average Bonchev–Trinajstić information content (AvgIpc) is 2.38. The highest BCUT2D eigenvalue weighted by molar-refractivity contribution is 5.91. The van der Waals surface area contributed by atoms with E-state index in [2.05, 4.69) is 5.32 Å². The molecule has 6 heteroatoms. The van der Waals surface area contributed by atoms with E-state index in [1.165, 1.54) is 12.1 Å². The molecule has 0 radical (unpaired) electrons. The molecule has 1 heterocycles. The molecule has 108 valence electrons. The summed E-state index contributed by atoms with van der Waals surface area (Å²) in [5.74, 6) is -1.02. The molecule has 0 aromatic heterocycles. The molecule has 2 amide bonds. The van der Waals surface area contributed by atoms with Crippen LogP contribution in [0.5, 0.6) is 0 Å². The Balaban J connectivity index is 1.86. The molecule has 2 rings (SSSR count). The Morgan fingerprint density at radius 1 is 1.45 bits per heavy atom. The summed E-state index contributed by atoms with van der Waals surface area (Å²) < 4.78 is 13.0. The van der Waals surface area contributed by atoms with Crippen molar-refractivity contribution >= 4 is 17.5 Å². The quantitative estimate of drug-likeness (QED) is 0.698. The largest absolute Gasteiger partial charge is 0.369 e. The minimum Gasteiger partial charge on any atom is -0.369 e. The van der Waals surface area contributed by atoms with Gasteiger partial charge in [-0.25, -0.2) is 4.39 Å². The van der Waals surface area contributed by atoms with Gasteiger partial charge in [0.15, 0.2) is 6.54 Å². The number of carbonyl (C=O) groups is 2. The first-order valence-electron chi connectivity index (χ1n) is 6.73. The molecule has 1 aromatic carbocycles. The monoisotopic (exact) mass is 280 g/mol. The number of likely N-dealkylation sites (tertiary alicyclic amines) is 1. The van der Waals surface area contributed by atoms with Crippen LogP contribution in [0.15, 0.2) is 24.3 Å². The summed E-state index contributed by atoms with van der Waals surface area (Å²) >= 11 is 0. The van der Waals surface area contributed by atoms with Gasteiger partial charge in [-0.3, -0.25) is 9.59 Å². The number of anilines is 1. The molecule has 1 fully saturated rings.